The lowest BCUT2D eigenvalue weighted by Gasteiger charge is -2.30. The number of nitrogens with zero attached hydrogens (tertiary/aromatic N) is 1. The maximum Gasteiger partial charge on any atom is 0.433 e. The molecule has 1 aromatic heterocycles. The Morgan fingerprint density at radius 2 is 2.11 bits per heavy atom. The third kappa shape index (κ3) is 2.86. The minimum Gasteiger partial charge on any atom is -0.395 e. The molecule has 100 valence electrons. The molecule has 1 amide bonds. The van der Waals surface area contributed by atoms with Crippen molar-refractivity contribution in [2.45, 2.75) is 32.2 Å². The molecule has 0 spiro atoms. The van der Waals surface area contributed by atoms with Crippen LogP contribution < -0.4 is 11.1 Å². The highest BCUT2D eigenvalue weighted by molar-refractivity contribution is 5.92. The standard InChI is InChI=1S/C11H17N3O4/c1-3-11(4-2,7-12)13-10(15)8-5-6-9(18-8)14(16)17/h5-6H,3-4,7,12H2,1-2H3,(H,13,15). The first-order chi connectivity index (χ1) is 8.48. The van der Waals surface area contributed by atoms with Crippen LogP contribution in [0.2, 0.25) is 0 Å². The molecule has 7 nitrogen and oxygen atoms in total. The lowest BCUT2D eigenvalue weighted by molar-refractivity contribution is -0.402. The molecule has 0 saturated carbocycles. The predicted molar refractivity (Wildman–Crippen MR) is 65.2 cm³/mol. The summed E-state index contributed by atoms with van der Waals surface area (Å²) in [6.45, 7) is 4.14. The van der Waals surface area contributed by atoms with E-state index >= 15 is 0 Å². The van der Waals surface area contributed by atoms with Crippen LogP contribution in [0.5, 0.6) is 0 Å². The topological polar surface area (TPSA) is 111 Å². The Labute approximate surface area is 104 Å². The van der Waals surface area contributed by atoms with Gasteiger partial charge in [-0.25, -0.2) is 0 Å². The molecule has 0 radical (unpaired) electrons. The van der Waals surface area contributed by atoms with Crippen LogP contribution in [-0.2, 0) is 0 Å². The van der Waals surface area contributed by atoms with Crippen molar-refractivity contribution in [3.63, 3.8) is 0 Å². The van der Waals surface area contributed by atoms with Crippen molar-refractivity contribution in [3.8, 4) is 0 Å². The second kappa shape index (κ2) is 5.63. The zero-order valence-corrected chi connectivity index (χ0v) is 10.4. The minimum absolute atomic E-state index is 0.0820. The summed E-state index contributed by atoms with van der Waals surface area (Å²) < 4.78 is 4.83. The summed E-state index contributed by atoms with van der Waals surface area (Å²) in [6.07, 6.45) is 1.35. The van der Waals surface area contributed by atoms with Gasteiger partial charge in [0.2, 0.25) is 0 Å². The second-order valence-corrected chi connectivity index (χ2v) is 4.04. The van der Waals surface area contributed by atoms with Gasteiger partial charge in [-0.05, 0) is 18.9 Å². The molecule has 0 aliphatic rings. The summed E-state index contributed by atoms with van der Waals surface area (Å²) in [4.78, 5) is 21.7. The molecule has 1 aromatic rings. The van der Waals surface area contributed by atoms with Crippen molar-refractivity contribution in [1.82, 2.24) is 5.32 Å². The van der Waals surface area contributed by atoms with Gasteiger partial charge in [0.15, 0.2) is 5.76 Å². The Bertz CT molecular complexity index is 429. The van der Waals surface area contributed by atoms with Crippen molar-refractivity contribution in [2.24, 2.45) is 5.73 Å². The monoisotopic (exact) mass is 255 g/mol. The van der Waals surface area contributed by atoms with E-state index in [1.54, 1.807) is 0 Å². The zero-order valence-electron chi connectivity index (χ0n) is 10.4. The third-order valence-corrected chi connectivity index (χ3v) is 3.12. The van der Waals surface area contributed by atoms with Gasteiger partial charge in [0, 0.05) is 6.54 Å². The van der Waals surface area contributed by atoms with Gasteiger partial charge in [-0.1, -0.05) is 13.8 Å². The number of carbonyl (C=O) groups excluding carboxylic acids is 1. The maximum absolute atomic E-state index is 11.9. The van der Waals surface area contributed by atoms with Crippen LogP contribution in [0.25, 0.3) is 0 Å². The van der Waals surface area contributed by atoms with Gasteiger partial charge in [0.05, 0.1) is 11.6 Å². The normalized spacial score (nSPS) is 11.3. The number of hydrogen-bond acceptors (Lipinski definition) is 5. The molecule has 0 aliphatic carbocycles. The van der Waals surface area contributed by atoms with Crippen LogP contribution in [0.1, 0.15) is 37.2 Å². The lowest BCUT2D eigenvalue weighted by atomic mass is 9.93. The Balaban J connectivity index is 2.84. The summed E-state index contributed by atoms with van der Waals surface area (Å²) in [6, 6.07) is 2.43. The van der Waals surface area contributed by atoms with Crippen LogP contribution in [0.15, 0.2) is 16.5 Å². The van der Waals surface area contributed by atoms with Crippen LogP contribution >= 0.6 is 0 Å². The first-order valence-electron chi connectivity index (χ1n) is 5.74. The largest absolute Gasteiger partial charge is 0.433 e. The molecule has 0 bridgehead atoms. The summed E-state index contributed by atoms with van der Waals surface area (Å²) in [7, 11) is 0. The molecule has 7 heteroatoms. The molecule has 0 atom stereocenters. The van der Waals surface area contributed by atoms with Gasteiger partial charge in [-0.15, -0.1) is 0 Å². The number of amides is 1. The Morgan fingerprint density at radius 1 is 1.50 bits per heavy atom. The van der Waals surface area contributed by atoms with Crippen LogP contribution in [0.3, 0.4) is 0 Å². The molecule has 0 fully saturated rings. The Hall–Kier alpha value is -1.89. The van der Waals surface area contributed by atoms with Crippen molar-refractivity contribution in [3.05, 3.63) is 28.0 Å². The summed E-state index contributed by atoms with van der Waals surface area (Å²) in [5, 5.41) is 13.2. The SMILES string of the molecule is CCC(CC)(CN)NC(=O)c1ccc([N+](=O)[O-])o1. The molecule has 1 rings (SSSR count). The fraction of sp³-hybridized carbons (Fsp3) is 0.545. The maximum atomic E-state index is 11.9. The molecule has 18 heavy (non-hydrogen) atoms. The number of nitrogens with two attached hydrogens (primary N) is 1. The van der Waals surface area contributed by atoms with E-state index < -0.39 is 22.3 Å². The van der Waals surface area contributed by atoms with Crippen LogP contribution in [0, 0.1) is 10.1 Å². The molecular weight excluding hydrogens is 238 g/mol. The van der Waals surface area contributed by atoms with Gasteiger partial charge in [0.25, 0.3) is 5.91 Å². The van der Waals surface area contributed by atoms with E-state index in [4.69, 9.17) is 10.2 Å². The zero-order chi connectivity index (χ0) is 13.8. The predicted octanol–water partition coefficient (Wildman–Crippen LogP) is 1.44. The van der Waals surface area contributed by atoms with Gasteiger partial charge in [-0.2, -0.15) is 0 Å². The second-order valence-electron chi connectivity index (χ2n) is 4.04. The number of rotatable bonds is 6. The summed E-state index contributed by atoms with van der Waals surface area (Å²) in [5.41, 5.74) is 5.15. The molecular formula is C11H17N3O4. The van der Waals surface area contributed by atoms with Gasteiger partial charge < -0.3 is 15.5 Å². The first-order valence-corrected chi connectivity index (χ1v) is 5.74. The van der Waals surface area contributed by atoms with E-state index in [1.807, 2.05) is 13.8 Å². The van der Waals surface area contributed by atoms with Gasteiger partial charge in [0.1, 0.15) is 4.92 Å². The molecule has 0 unspecified atom stereocenters. The quantitative estimate of drug-likeness (QED) is 0.590. The third-order valence-electron chi connectivity index (χ3n) is 3.12. The van der Waals surface area contributed by atoms with Crippen LogP contribution in [-0.4, -0.2) is 22.9 Å². The number of nitro groups is 1. The summed E-state index contributed by atoms with van der Waals surface area (Å²) in [5.74, 6) is -1.02. The van der Waals surface area contributed by atoms with Gasteiger partial charge in [-0.3, -0.25) is 14.9 Å². The van der Waals surface area contributed by atoms with Gasteiger partial charge >= 0.3 is 5.88 Å². The van der Waals surface area contributed by atoms with Crippen molar-refractivity contribution in [2.75, 3.05) is 6.54 Å². The molecule has 0 aromatic carbocycles. The number of hydrogen-bond donors (Lipinski definition) is 2. The Morgan fingerprint density at radius 3 is 2.50 bits per heavy atom. The van der Waals surface area contributed by atoms with E-state index in [9.17, 15) is 14.9 Å². The molecule has 3 N–H and O–H groups in total. The highest BCUT2D eigenvalue weighted by Crippen LogP contribution is 2.18. The molecule has 1 heterocycles. The Kier molecular flexibility index (Phi) is 4.43. The van der Waals surface area contributed by atoms with E-state index in [0.717, 1.165) is 6.07 Å². The average Bonchev–Trinajstić information content (AvgIpc) is 2.86. The van der Waals surface area contributed by atoms with Crippen molar-refractivity contribution < 1.29 is 14.1 Å². The molecule has 0 saturated heterocycles. The number of furan rings is 1. The van der Waals surface area contributed by atoms with E-state index in [-0.39, 0.29) is 5.76 Å². The minimum atomic E-state index is -0.688. The van der Waals surface area contributed by atoms with Crippen molar-refractivity contribution in [1.29, 1.82) is 0 Å². The summed E-state index contributed by atoms with van der Waals surface area (Å²) >= 11 is 0. The lowest BCUT2D eigenvalue weighted by Crippen LogP contribution is -2.52. The van der Waals surface area contributed by atoms with Crippen LogP contribution in [0.4, 0.5) is 5.88 Å². The number of nitrogens with one attached hydrogen (secondary N) is 1. The van der Waals surface area contributed by atoms with Crippen molar-refractivity contribution >= 4 is 11.8 Å². The molecule has 0 aliphatic heterocycles. The fourth-order valence-corrected chi connectivity index (χ4v) is 1.62. The highest BCUT2D eigenvalue weighted by Gasteiger charge is 2.28. The number of carbonyl (C=O) groups is 1. The average molecular weight is 255 g/mol. The smallest absolute Gasteiger partial charge is 0.395 e. The van der Waals surface area contributed by atoms with E-state index in [2.05, 4.69) is 5.32 Å². The van der Waals surface area contributed by atoms with E-state index in [1.165, 1.54) is 6.07 Å². The van der Waals surface area contributed by atoms with E-state index in [0.29, 0.717) is 19.4 Å². The highest BCUT2D eigenvalue weighted by atomic mass is 16.6. The fourth-order valence-electron chi connectivity index (χ4n) is 1.62. The first kappa shape index (κ1) is 14.2.